The van der Waals surface area contributed by atoms with Crippen molar-refractivity contribution in [3.05, 3.63) is 34.9 Å². The summed E-state index contributed by atoms with van der Waals surface area (Å²) in [5.74, 6) is -0.794. The fraction of sp³-hybridized carbons (Fsp3) is 0.273. The van der Waals surface area contributed by atoms with Crippen LogP contribution in [-0.4, -0.2) is 25.4 Å². The Labute approximate surface area is 97.8 Å². The molecule has 0 fully saturated rings. The average molecular weight is 240 g/mol. The Morgan fingerprint density at radius 3 is 2.81 bits per heavy atom. The largest absolute Gasteiger partial charge is 0.468 e. The minimum atomic E-state index is -0.453. The van der Waals surface area contributed by atoms with Crippen LogP contribution >= 0.6 is 11.6 Å². The van der Waals surface area contributed by atoms with Crippen molar-refractivity contribution < 1.29 is 14.4 Å². The van der Waals surface area contributed by atoms with Crippen LogP contribution in [0.2, 0.25) is 5.02 Å². The molecule has 0 N–H and O–H groups in total. The van der Waals surface area contributed by atoms with Crippen LogP contribution in [0.5, 0.6) is 0 Å². The minimum absolute atomic E-state index is 0.227. The van der Waals surface area contributed by atoms with Gasteiger partial charge in [-0.15, -0.1) is 0 Å². The molecule has 0 spiro atoms. The summed E-state index contributed by atoms with van der Waals surface area (Å²) in [6.07, 6.45) is 0. The second-order valence-electron chi connectivity index (χ2n) is 3.35. The van der Waals surface area contributed by atoms with E-state index in [1.807, 2.05) is 0 Å². The molecule has 0 bridgehead atoms. The van der Waals surface area contributed by atoms with Crippen LogP contribution in [0, 0.1) is 5.92 Å². The Morgan fingerprint density at radius 2 is 2.19 bits per heavy atom. The van der Waals surface area contributed by atoms with Gasteiger partial charge >= 0.3 is 5.97 Å². The van der Waals surface area contributed by atoms with Crippen molar-refractivity contribution in [1.82, 2.24) is 0 Å². The molecule has 0 saturated carbocycles. The van der Waals surface area contributed by atoms with Gasteiger partial charge in [-0.05, 0) is 12.1 Å². The number of benzene rings is 1. The van der Waals surface area contributed by atoms with Crippen LogP contribution in [0.4, 0.5) is 0 Å². The quantitative estimate of drug-likeness (QED) is 0.741. The van der Waals surface area contributed by atoms with Gasteiger partial charge in [0.15, 0.2) is 0 Å². The number of rotatable bonds is 2. The molecule has 0 saturated heterocycles. The van der Waals surface area contributed by atoms with E-state index in [1.54, 1.807) is 24.3 Å². The lowest BCUT2D eigenvalue weighted by Crippen LogP contribution is -2.25. The van der Waals surface area contributed by atoms with Gasteiger partial charge in [-0.1, -0.05) is 28.9 Å². The van der Waals surface area contributed by atoms with Gasteiger partial charge in [0.25, 0.3) is 0 Å². The molecule has 84 valence electrons. The zero-order valence-corrected chi connectivity index (χ0v) is 9.40. The Kier molecular flexibility index (Phi) is 3.10. The number of oxime groups is 1. The molecular weight excluding hydrogens is 230 g/mol. The maximum absolute atomic E-state index is 11.5. The van der Waals surface area contributed by atoms with Gasteiger partial charge in [-0.3, -0.25) is 4.79 Å². The summed E-state index contributed by atoms with van der Waals surface area (Å²) < 4.78 is 4.68. The number of hydrogen-bond donors (Lipinski definition) is 0. The van der Waals surface area contributed by atoms with Gasteiger partial charge in [0.05, 0.1) is 7.11 Å². The van der Waals surface area contributed by atoms with E-state index in [1.165, 1.54) is 7.11 Å². The Hall–Kier alpha value is -1.55. The first-order chi connectivity index (χ1) is 7.72. The standard InChI is InChI=1S/C11H10ClNO3/c1-15-11(14)9-6-16-13-10(9)7-2-4-8(12)5-3-7/h2-5,9H,6H2,1H3. The molecule has 1 aromatic rings. The fourth-order valence-electron chi connectivity index (χ4n) is 1.52. The van der Waals surface area contributed by atoms with E-state index in [0.717, 1.165) is 5.56 Å². The molecule has 0 radical (unpaired) electrons. The zero-order chi connectivity index (χ0) is 11.5. The average Bonchev–Trinajstić information content (AvgIpc) is 2.78. The van der Waals surface area contributed by atoms with E-state index in [9.17, 15) is 4.79 Å². The number of carbonyl (C=O) groups excluding carboxylic acids is 1. The van der Waals surface area contributed by atoms with E-state index >= 15 is 0 Å². The highest BCUT2D eigenvalue weighted by atomic mass is 35.5. The van der Waals surface area contributed by atoms with Gasteiger partial charge in [0.1, 0.15) is 18.2 Å². The van der Waals surface area contributed by atoms with Gasteiger partial charge in [-0.2, -0.15) is 0 Å². The number of halogens is 1. The molecule has 1 unspecified atom stereocenters. The molecule has 0 amide bonds. The lowest BCUT2D eigenvalue weighted by atomic mass is 9.98. The highest BCUT2D eigenvalue weighted by molar-refractivity contribution is 6.30. The number of hydrogen-bond acceptors (Lipinski definition) is 4. The van der Waals surface area contributed by atoms with Crippen LogP contribution in [0.1, 0.15) is 5.56 Å². The number of methoxy groups -OCH3 is 1. The molecule has 5 heteroatoms. The third-order valence-corrected chi connectivity index (χ3v) is 2.61. The van der Waals surface area contributed by atoms with Gasteiger partial charge in [-0.25, -0.2) is 0 Å². The van der Waals surface area contributed by atoms with E-state index in [0.29, 0.717) is 10.7 Å². The predicted molar refractivity (Wildman–Crippen MR) is 59.4 cm³/mol. The van der Waals surface area contributed by atoms with E-state index in [-0.39, 0.29) is 12.6 Å². The summed E-state index contributed by atoms with van der Waals surface area (Å²) in [6.45, 7) is 0.227. The molecular formula is C11H10ClNO3. The highest BCUT2D eigenvalue weighted by Gasteiger charge is 2.32. The molecule has 1 aromatic carbocycles. The van der Waals surface area contributed by atoms with Crippen molar-refractivity contribution in [2.45, 2.75) is 0 Å². The third-order valence-electron chi connectivity index (χ3n) is 2.36. The first kappa shape index (κ1) is 11.0. The number of ether oxygens (including phenoxy) is 1. The first-order valence-electron chi connectivity index (χ1n) is 4.76. The summed E-state index contributed by atoms with van der Waals surface area (Å²) in [7, 11) is 1.35. The van der Waals surface area contributed by atoms with Gasteiger partial charge in [0.2, 0.25) is 0 Å². The molecule has 16 heavy (non-hydrogen) atoms. The van der Waals surface area contributed by atoms with Crippen molar-refractivity contribution in [2.24, 2.45) is 11.1 Å². The van der Waals surface area contributed by atoms with Crippen molar-refractivity contribution in [2.75, 3.05) is 13.7 Å². The maximum atomic E-state index is 11.5. The molecule has 0 aliphatic carbocycles. The Bertz CT molecular complexity index is 427. The molecule has 1 aliphatic heterocycles. The van der Waals surface area contributed by atoms with Gasteiger partial charge in [0, 0.05) is 10.6 Å². The summed E-state index contributed by atoms with van der Waals surface area (Å²) in [5.41, 5.74) is 1.40. The maximum Gasteiger partial charge on any atom is 0.318 e. The van der Waals surface area contributed by atoms with Crippen molar-refractivity contribution in [1.29, 1.82) is 0 Å². The third kappa shape index (κ3) is 2.02. The lowest BCUT2D eigenvalue weighted by Gasteiger charge is -2.07. The lowest BCUT2D eigenvalue weighted by molar-refractivity contribution is -0.143. The molecule has 0 aromatic heterocycles. The number of carbonyl (C=O) groups is 1. The smallest absolute Gasteiger partial charge is 0.318 e. The van der Waals surface area contributed by atoms with Crippen LogP contribution < -0.4 is 0 Å². The Morgan fingerprint density at radius 1 is 1.50 bits per heavy atom. The van der Waals surface area contributed by atoms with E-state index in [4.69, 9.17) is 16.4 Å². The minimum Gasteiger partial charge on any atom is -0.468 e. The topological polar surface area (TPSA) is 47.9 Å². The van der Waals surface area contributed by atoms with Crippen molar-refractivity contribution in [3.8, 4) is 0 Å². The number of nitrogens with zero attached hydrogens (tertiary/aromatic N) is 1. The fourth-order valence-corrected chi connectivity index (χ4v) is 1.65. The van der Waals surface area contributed by atoms with Crippen molar-refractivity contribution >= 4 is 23.3 Å². The normalized spacial score (nSPS) is 18.9. The monoisotopic (exact) mass is 239 g/mol. The second-order valence-corrected chi connectivity index (χ2v) is 3.79. The highest BCUT2D eigenvalue weighted by Crippen LogP contribution is 2.20. The summed E-state index contributed by atoms with van der Waals surface area (Å²) >= 11 is 5.78. The van der Waals surface area contributed by atoms with Crippen LogP contribution in [0.15, 0.2) is 29.4 Å². The van der Waals surface area contributed by atoms with Crippen LogP contribution in [-0.2, 0) is 14.4 Å². The summed E-state index contributed by atoms with van der Waals surface area (Å²) in [6, 6.07) is 7.08. The van der Waals surface area contributed by atoms with Gasteiger partial charge < -0.3 is 9.57 Å². The Balaban J connectivity index is 2.26. The SMILES string of the molecule is COC(=O)C1CON=C1c1ccc(Cl)cc1. The van der Waals surface area contributed by atoms with Crippen LogP contribution in [0.3, 0.4) is 0 Å². The zero-order valence-electron chi connectivity index (χ0n) is 8.64. The molecule has 1 aliphatic rings. The summed E-state index contributed by atoms with van der Waals surface area (Å²) in [5, 5.41) is 4.50. The van der Waals surface area contributed by atoms with Crippen molar-refractivity contribution in [3.63, 3.8) is 0 Å². The summed E-state index contributed by atoms with van der Waals surface area (Å²) in [4.78, 5) is 16.4. The molecule has 1 atom stereocenters. The number of esters is 1. The second kappa shape index (κ2) is 4.53. The molecule has 1 heterocycles. The van der Waals surface area contributed by atoms with E-state index in [2.05, 4.69) is 9.89 Å². The molecule has 2 rings (SSSR count). The molecule has 4 nitrogen and oxygen atoms in total. The first-order valence-corrected chi connectivity index (χ1v) is 5.14. The predicted octanol–water partition coefficient (Wildman–Crippen LogP) is 1.86. The van der Waals surface area contributed by atoms with E-state index < -0.39 is 5.92 Å². The van der Waals surface area contributed by atoms with Crippen LogP contribution in [0.25, 0.3) is 0 Å².